The van der Waals surface area contributed by atoms with Crippen LogP contribution in [0.3, 0.4) is 0 Å². The Morgan fingerprint density at radius 2 is 1.94 bits per heavy atom. The Morgan fingerprint density at radius 3 is 2.38 bits per heavy atom. The summed E-state index contributed by atoms with van der Waals surface area (Å²) in [4.78, 5) is 11.4. The Balaban J connectivity index is 1.95. The summed E-state index contributed by atoms with van der Waals surface area (Å²) in [5.74, 6) is -0.146. The van der Waals surface area contributed by atoms with E-state index in [4.69, 9.17) is 4.74 Å². The first-order valence-electron chi connectivity index (χ1n) is 5.42. The van der Waals surface area contributed by atoms with Crippen molar-refractivity contribution < 1.29 is 17.9 Å². The molecule has 0 bridgehead atoms. The van der Waals surface area contributed by atoms with E-state index in [0.29, 0.717) is 13.1 Å². The van der Waals surface area contributed by atoms with Crippen molar-refractivity contribution >= 4 is 16.0 Å². The molecular formula is C10H17NO4S. The molecule has 1 aliphatic carbocycles. The molecule has 6 heteroatoms. The quantitative estimate of drug-likeness (QED) is 0.655. The topological polar surface area (TPSA) is 63.7 Å². The van der Waals surface area contributed by atoms with Crippen molar-refractivity contribution in [2.45, 2.75) is 19.3 Å². The maximum absolute atomic E-state index is 11.4. The molecule has 5 nitrogen and oxygen atoms in total. The third-order valence-corrected chi connectivity index (χ3v) is 5.17. The number of rotatable bonds is 2. The van der Waals surface area contributed by atoms with Crippen molar-refractivity contribution in [2.24, 2.45) is 11.3 Å². The molecule has 0 aromatic carbocycles. The summed E-state index contributed by atoms with van der Waals surface area (Å²) in [7, 11) is -1.67. The fourth-order valence-corrected chi connectivity index (χ4v) is 3.48. The van der Waals surface area contributed by atoms with Gasteiger partial charge in [0, 0.05) is 13.1 Å². The van der Waals surface area contributed by atoms with E-state index in [-0.39, 0.29) is 17.3 Å². The normalized spacial score (nSPS) is 29.0. The fourth-order valence-electron chi connectivity index (χ4n) is 2.64. The molecule has 1 saturated heterocycles. The molecule has 0 unspecified atom stereocenters. The van der Waals surface area contributed by atoms with E-state index in [1.807, 2.05) is 0 Å². The van der Waals surface area contributed by atoms with E-state index < -0.39 is 10.0 Å². The van der Waals surface area contributed by atoms with Gasteiger partial charge in [-0.2, -0.15) is 0 Å². The summed E-state index contributed by atoms with van der Waals surface area (Å²) in [6.07, 6.45) is 3.65. The van der Waals surface area contributed by atoms with Crippen LogP contribution in [0.2, 0.25) is 0 Å². The number of methoxy groups -OCH3 is 1. The van der Waals surface area contributed by atoms with Crippen LogP contribution in [0.4, 0.5) is 0 Å². The van der Waals surface area contributed by atoms with Gasteiger partial charge in [0.15, 0.2) is 0 Å². The highest BCUT2D eigenvalue weighted by molar-refractivity contribution is 7.88. The van der Waals surface area contributed by atoms with Gasteiger partial charge >= 0.3 is 5.97 Å². The summed E-state index contributed by atoms with van der Waals surface area (Å²) in [6.45, 7) is 1.07. The Bertz CT molecular complexity index is 395. The number of hydrogen-bond acceptors (Lipinski definition) is 4. The molecular weight excluding hydrogens is 230 g/mol. The maximum Gasteiger partial charge on any atom is 0.309 e. The van der Waals surface area contributed by atoms with Crippen LogP contribution in [0.15, 0.2) is 0 Å². The lowest BCUT2D eigenvalue weighted by atomic mass is 9.92. The second-order valence-corrected chi connectivity index (χ2v) is 6.79. The van der Waals surface area contributed by atoms with Gasteiger partial charge < -0.3 is 4.74 Å². The average molecular weight is 247 g/mol. The van der Waals surface area contributed by atoms with Crippen molar-refractivity contribution in [1.29, 1.82) is 0 Å². The summed E-state index contributed by atoms with van der Waals surface area (Å²) < 4.78 is 28.9. The highest BCUT2D eigenvalue weighted by Crippen LogP contribution is 2.59. The van der Waals surface area contributed by atoms with Crippen LogP contribution < -0.4 is 0 Å². The maximum atomic E-state index is 11.4. The molecule has 2 aliphatic rings. The number of esters is 1. The fraction of sp³-hybridized carbons (Fsp3) is 0.900. The second-order valence-electron chi connectivity index (χ2n) is 4.80. The molecule has 16 heavy (non-hydrogen) atoms. The van der Waals surface area contributed by atoms with Crippen LogP contribution >= 0.6 is 0 Å². The van der Waals surface area contributed by atoms with Crippen LogP contribution in [0.1, 0.15) is 19.3 Å². The monoisotopic (exact) mass is 247 g/mol. The molecule has 1 heterocycles. The third-order valence-electron chi connectivity index (χ3n) is 3.86. The van der Waals surface area contributed by atoms with E-state index in [1.165, 1.54) is 17.7 Å². The lowest BCUT2D eigenvalue weighted by molar-refractivity contribution is -0.143. The lowest BCUT2D eigenvalue weighted by Crippen LogP contribution is -2.39. The third kappa shape index (κ3) is 1.96. The second kappa shape index (κ2) is 3.70. The predicted octanol–water partition coefficient (Wildman–Crippen LogP) is 0.221. The van der Waals surface area contributed by atoms with Gasteiger partial charge in [0.05, 0.1) is 19.3 Å². The molecule has 2 fully saturated rings. The lowest BCUT2D eigenvalue weighted by Gasteiger charge is -2.30. The van der Waals surface area contributed by atoms with Gasteiger partial charge in [-0.15, -0.1) is 0 Å². The Morgan fingerprint density at radius 1 is 1.38 bits per heavy atom. The molecule has 2 rings (SSSR count). The molecule has 0 N–H and O–H groups in total. The number of sulfonamides is 1. The summed E-state index contributed by atoms with van der Waals surface area (Å²) in [6, 6.07) is 0. The van der Waals surface area contributed by atoms with Gasteiger partial charge in [-0.25, -0.2) is 12.7 Å². The largest absolute Gasteiger partial charge is 0.469 e. The average Bonchev–Trinajstić information content (AvgIpc) is 2.90. The predicted molar refractivity (Wildman–Crippen MR) is 58.2 cm³/mol. The molecule has 1 saturated carbocycles. The van der Waals surface area contributed by atoms with E-state index in [2.05, 4.69) is 0 Å². The highest BCUT2D eigenvalue weighted by Gasteiger charge is 2.59. The van der Waals surface area contributed by atoms with Crippen LogP contribution in [-0.2, 0) is 19.6 Å². The van der Waals surface area contributed by atoms with E-state index >= 15 is 0 Å². The molecule has 0 aromatic rings. The van der Waals surface area contributed by atoms with Crippen molar-refractivity contribution in [2.75, 3.05) is 26.5 Å². The number of hydrogen-bond donors (Lipinski definition) is 0. The van der Waals surface area contributed by atoms with Crippen LogP contribution in [0.5, 0.6) is 0 Å². The van der Waals surface area contributed by atoms with Gasteiger partial charge in [0.1, 0.15) is 0 Å². The molecule has 1 spiro atoms. The van der Waals surface area contributed by atoms with E-state index in [9.17, 15) is 13.2 Å². The molecule has 1 atom stereocenters. The Kier molecular flexibility index (Phi) is 2.74. The molecule has 92 valence electrons. The minimum atomic E-state index is -3.07. The number of ether oxygens (including phenoxy) is 1. The Hall–Kier alpha value is -0.620. The highest BCUT2D eigenvalue weighted by atomic mass is 32.2. The minimum Gasteiger partial charge on any atom is -0.469 e. The number of carbonyl (C=O) groups is 1. The summed E-state index contributed by atoms with van der Waals surface area (Å²) in [5, 5.41) is 0. The van der Waals surface area contributed by atoms with Crippen molar-refractivity contribution in [3.8, 4) is 0 Å². The van der Waals surface area contributed by atoms with E-state index in [0.717, 1.165) is 19.3 Å². The van der Waals surface area contributed by atoms with Gasteiger partial charge in [-0.05, 0) is 24.7 Å². The minimum absolute atomic E-state index is 0.000731. The molecule has 1 aliphatic heterocycles. The van der Waals surface area contributed by atoms with Crippen molar-refractivity contribution in [3.05, 3.63) is 0 Å². The first-order chi connectivity index (χ1) is 7.39. The molecule has 0 aromatic heterocycles. The van der Waals surface area contributed by atoms with Gasteiger partial charge in [0.2, 0.25) is 10.0 Å². The van der Waals surface area contributed by atoms with Crippen LogP contribution in [0.25, 0.3) is 0 Å². The van der Waals surface area contributed by atoms with Crippen molar-refractivity contribution in [1.82, 2.24) is 4.31 Å². The summed E-state index contributed by atoms with van der Waals surface area (Å²) in [5.41, 5.74) is 0.0360. The number of nitrogens with zero attached hydrogens (tertiary/aromatic N) is 1. The first kappa shape index (κ1) is 11.9. The standard InChI is InChI=1S/C10H17NO4S/c1-15-9(12)8-7-10(8)3-5-11(6-4-10)16(2,13)14/h8H,3-7H2,1-2H3/t8-/m0/s1. The van der Waals surface area contributed by atoms with Crippen LogP contribution in [-0.4, -0.2) is 45.1 Å². The SMILES string of the molecule is COC(=O)[C@@H]1CC12CCN(S(C)(=O)=O)CC2. The Labute approximate surface area is 95.8 Å². The van der Waals surface area contributed by atoms with E-state index in [1.54, 1.807) is 0 Å². The first-order valence-corrected chi connectivity index (χ1v) is 7.27. The van der Waals surface area contributed by atoms with Gasteiger partial charge in [-0.1, -0.05) is 0 Å². The molecule has 0 amide bonds. The zero-order valence-electron chi connectivity index (χ0n) is 9.60. The van der Waals surface area contributed by atoms with Crippen molar-refractivity contribution in [3.63, 3.8) is 0 Å². The van der Waals surface area contributed by atoms with Gasteiger partial charge in [0.25, 0.3) is 0 Å². The molecule has 0 radical (unpaired) electrons. The van der Waals surface area contributed by atoms with Gasteiger partial charge in [-0.3, -0.25) is 4.79 Å². The number of carbonyl (C=O) groups excluding carboxylic acids is 1. The smallest absolute Gasteiger partial charge is 0.309 e. The van der Waals surface area contributed by atoms with Crippen LogP contribution in [0, 0.1) is 11.3 Å². The zero-order valence-corrected chi connectivity index (χ0v) is 10.4. The summed E-state index contributed by atoms with van der Waals surface area (Å²) >= 11 is 0. The zero-order chi connectivity index (χ0) is 12.0. The number of piperidine rings is 1.